The third-order valence-electron chi connectivity index (χ3n) is 3.41. The maximum absolute atomic E-state index is 12.2. The van der Waals surface area contributed by atoms with E-state index in [1.165, 1.54) is 0 Å². The third kappa shape index (κ3) is 3.55. The van der Waals surface area contributed by atoms with Gasteiger partial charge in [0.25, 0.3) is 0 Å². The molecule has 22 heavy (non-hydrogen) atoms. The van der Waals surface area contributed by atoms with Crippen molar-refractivity contribution < 1.29 is 14.3 Å². The number of benzene rings is 1. The Hall–Kier alpha value is -2.56. The zero-order valence-corrected chi connectivity index (χ0v) is 13.0. The maximum Gasteiger partial charge on any atom is 0.338 e. The second kappa shape index (κ2) is 6.93. The van der Waals surface area contributed by atoms with Crippen molar-refractivity contribution in [3.8, 4) is 0 Å². The van der Waals surface area contributed by atoms with Crippen LogP contribution in [0.25, 0.3) is 6.08 Å². The van der Waals surface area contributed by atoms with Crippen LogP contribution in [0.15, 0.2) is 47.2 Å². The average Bonchev–Trinajstić information content (AvgIpc) is 2.47. The molecule has 2 amide bonds. The monoisotopic (exact) mass is 300 g/mol. The molecule has 0 saturated heterocycles. The Labute approximate surface area is 130 Å². The van der Waals surface area contributed by atoms with E-state index in [-0.39, 0.29) is 12.6 Å². The lowest BCUT2D eigenvalue weighted by Crippen LogP contribution is -2.50. The van der Waals surface area contributed by atoms with Gasteiger partial charge in [0.2, 0.25) is 0 Å². The van der Waals surface area contributed by atoms with Crippen LogP contribution in [-0.4, -0.2) is 24.6 Å². The van der Waals surface area contributed by atoms with E-state index in [1.54, 1.807) is 13.8 Å². The van der Waals surface area contributed by atoms with Gasteiger partial charge in [0, 0.05) is 5.70 Å². The molecular weight excluding hydrogens is 280 g/mol. The Kier molecular flexibility index (Phi) is 4.99. The number of nitrogens with one attached hydrogen (secondary N) is 2. The largest absolute Gasteiger partial charge is 0.463 e. The van der Waals surface area contributed by atoms with Crippen LogP contribution in [0.5, 0.6) is 0 Å². The van der Waals surface area contributed by atoms with Gasteiger partial charge in [-0.05, 0) is 31.9 Å². The van der Waals surface area contributed by atoms with E-state index in [0.717, 1.165) is 11.1 Å². The number of urea groups is 1. The quantitative estimate of drug-likeness (QED) is 0.840. The lowest BCUT2D eigenvalue weighted by atomic mass is 9.95. The summed E-state index contributed by atoms with van der Waals surface area (Å²) in [7, 11) is 0. The van der Waals surface area contributed by atoms with Crippen molar-refractivity contribution in [2.75, 3.05) is 6.61 Å². The highest BCUT2D eigenvalue weighted by molar-refractivity contribution is 5.96. The number of rotatable bonds is 4. The van der Waals surface area contributed by atoms with Crippen molar-refractivity contribution in [3.05, 3.63) is 52.7 Å². The van der Waals surface area contributed by atoms with E-state index in [1.807, 2.05) is 43.3 Å². The number of hydrogen-bond donors (Lipinski definition) is 2. The Morgan fingerprint density at radius 3 is 2.64 bits per heavy atom. The van der Waals surface area contributed by atoms with E-state index >= 15 is 0 Å². The molecule has 0 saturated carbocycles. The first-order chi connectivity index (χ1) is 10.5. The number of esters is 1. The summed E-state index contributed by atoms with van der Waals surface area (Å²) < 4.78 is 5.10. The second-order valence-corrected chi connectivity index (χ2v) is 5.09. The molecule has 2 N–H and O–H groups in total. The van der Waals surface area contributed by atoms with Gasteiger partial charge in [0.15, 0.2) is 0 Å². The number of amides is 2. The van der Waals surface area contributed by atoms with Crippen molar-refractivity contribution >= 4 is 18.1 Å². The molecule has 1 heterocycles. The minimum absolute atomic E-state index is 0.289. The van der Waals surface area contributed by atoms with Crippen LogP contribution in [0.3, 0.4) is 0 Å². The Morgan fingerprint density at radius 1 is 1.32 bits per heavy atom. The molecule has 5 nitrogen and oxygen atoms in total. The highest BCUT2D eigenvalue weighted by Crippen LogP contribution is 2.21. The van der Waals surface area contributed by atoms with Gasteiger partial charge in [-0.25, -0.2) is 9.59 Å². The Morgan fingerprint density at radius 2 is 2.00 bits per heavy atom. The molecule has 0 aromatic heterocycles. The molecule has 1 aromatic rings. The van der Waals surface area contributed by atoms with Crippen LogP contribution in [0, 0.1) is 0 Å². The zero-order valence-electron chi connectivity index (χ0n) is 13.0. The molecule has 0 spiro atoms. The van der Waals surface area contributed by atoms with Crippen molar-refractivity contribution in [2.45, 2.75) is 26.8 Å². The van der Waals surface area contributed by atoms with Crippen LogP contribution in [0.1, 0.15) is 26.3 Å². The van der Waals surface area contributed by atoms with Crippen molar-refractivity contribution in [3.63, 3.8) is 0 Å². The first-order valence-electron chi connectivity index (χ1n) is 7.21. The van der Waals surface area contributed by atoms with Crippen LogP contribution in [0.2, 0.25) is 0 Å². The summed E-state index contributed by atoms with van der Waals surface area (Å²) in [6, 6.07) is 8.93. The lowest BCUT2D eigenvalue weighted by molar-refractivity contribution is -0.138. The van der Waals surface area contributed by atoms with Gasteiger partial charge >= 0.3 is 12.0 Å². The van der Waals surface area contributed by atoms with Gasteiger partial charge in [-0.15, -0.1) is 0 Å². The van der Waals surface area contributed by atoms with Crippen LogP contribution >= 0.6 is 0 Å². The summed E-state index contributed by atoms with van der Waals surface area (Å²) in [4.78, 5) is 23.9. The number of allylic oxidation sites excluding steroid dienone is 1. The normalized spacial score (nSPS) is 18.6. The van der Waals surface area contributed by atoms with Gasteiger partial charge in [-0.1, -0.05) is 36.4 Å². The molecule has 0 radical (unpaired) electrons. The van der Waals surface area contributed by atoms with Crippen LogP contribution in [-0.2, 0) is 9.53 Å². The van der Waals surface area contributed by atoms with E-state index in [4.69, 9.17) is 4.74 Å². The first-order valence-corrected chi connectivity index (χ1v) is 7.21. The van der Waals surface area contributed by atoms with Crippen molar-refractivity contribution in [1.82, 2.24) is 10.6 Å². The molecule has 0 fully saturated rings. The second-order valence-electron chi connectivity index (χ2n) is 5.09. The summed E-state index contributed by atoms with van der Waals surface area (Å²) >= 11 is 0. The van der Waals surface area contributed by atoms with E-state index in [0.29, 0.717) is 11.3 Å². The summed E-state index contributed by atoms with van der Waals surface area (Å²) in [5.41, 5.74) is 2.83. The number of carbonyl (C=O) groups excluding carboxylic acids is 2. The fourth-order valence-electron chi connectivity index (χ4n) is 2.41. The number of hydrogen-bond acceptors (Lipinski definition) is 3. The average molecular weight is 300 g/mol. The van der Waals surface area contributed by atoms with Crippen LogP contribution < -0.4 is 10.6 Å². The Bertz CT molecular complexity index is 633. The standard InChI is InChI=1S/C17H20N2O3/c1-4-22-16(20)14-12(3)18-17(21)19-15(14)11(2)10-13-8-6-5-7-9-13/h5-10,15H,4H2,1-3H3,(H2,18,19,21)/b11-10+/t15-/m1/s1. The van der Waals surface area contributed by atoms with E-state index in [9.17, 15) is 9.59 Å². The lowest BCUT2D eigenvalue weighted by Gasteiger charge is -2.28. The van der Waals surface area contributed by atoms with Gasteiger partial charge in [0.05, 0.1) is 18.2 Å². The molecule has 0 bridgehead atoms. The highest BCUT2D eigenvalue weighted by Gasteiger charge is 2.31. The van der Waals surface area contributed by atoms with Gasteiger partial charge in [0.1, 0.15) is 0 Å². The number of ether oxygens (including phenoxy) is 1. The SMILES string of the molecule is CCOC(=O)C1=C(C)NC(=O)N[C@@H]1/C(C)=C/c1ccccc1. The molecule has 1 aromatic carbocycles. The summed E-state index contributed by atoms with van der Waals surface area (Å²) in [5, 5.41) is 5.40. The van der Waals surface area contributed by atoms with Gasteiger partial charge in [-0.2, -0.15) is 0 Å². The fourth-order valence-corrected chi connectivity index (χ4v) is 2.41. The molecule has 5 heteroatoms. The maximum atomic E-state index is 12.2. The summed E-state index contributed by atoms with van der Waals surface area (Å²) in [6.45, 7) is 5.63. The zero-order chi connectivity index (χ0) is 16.1. The van der Waals surface area contributed by atoms with Crippen molar-refractivity contribution in [2.24, 2.45) is 0 Å². The number of carbonyl (C=O) groups is 2. The fraction of sp³-hybridized carbons (Fsp3) is 0.294. The van der Waals surface area contributed by atoms with Gasteiger partial charge < -0.3 is 15.4 Å². The van der Waals surface area contributed by atoms with Gasteiger partial charge in [-0.3, -0.25) is 0 Å². The smallest absolute Gasteiger partial charge is 0.338 e. The molecule has 0 unspecified atom stereocenters. The Balaban J connectivity index is 2.37. The van der Waals surface area contributed by atoms with Crippen molar-refractivity contribution in [1.29, 1.82) is 0 Å². The summed E-state index contributed by atoms with van der Waals surface area (Å²) in [6.07, 6.45) is 1.95. The molecule has 1 aliphatic heterocycles. The van der Waals surface area contributed by atoms with E-state index in [2.05, 4.69) is 10.6 Å². The predicted octanol–water partition coefficient (Wildman–Crippen LogP) is 2.61. The summed E-state index contributed by atoms with van der Waals surface area (Å²) in [5.74, 6) is -0.418. The van der Waals surface area contributed by atoms with E-state index < -0.39 is 12.0 Å². The molecule has 1 atom stereocenters. The molecule has 116 valence electrons. The molecule has 1 aliphatic rings. The first kappa shape index (κ1) is 15.8. The molecule has 2 rings (SSSR count). The minimum atomic E-state index is -0.493. The molecule has 0 aliphatic carbocycles. The third-order valence-corrected chi connectivity index (χ3v) is 3.41. The van der Waals surface area contributed by atoms with Crippen LogP contribution in [0.4, 0.5) is 4.79 Å². The topological polar surface area (TPSA) is 67.4 Å². The molecular formula is C17H20N2O3. The minimum Gasteiger partial charge on any atom is -0.463 e. The predicted molar refractivity (Wildman–Crippen MR) is 84.9 cm³/mol. The highest BCUT2D eigenvalue weighted by atomic mass is 16.5.